The Morgan fingerprint density at radius 1 is 1.43 bits per heavy atom. The first kappa shape index (κ1) is 17.4. The Morgan fingerprint density at radius 3 is 2.62 bits per heavy atom. The number of thiocarbonyl (C=S) groups is 1. The first-order valence-electron chi connectivity index (χ1n) is 6.49. The van der Waals surface area contributed by atoms with Gasteiger partial charge >= 0.3 is 6.18 Å². The molecule has 1 unspecified atom stereocenters. The molecule has 1 aromatic carbocycles. The van der Waals surface area contributed by atoms with E-state index in [0.717, 1.165) is 18.6 Å². The SMILES string of the molecule is CCCC(C(=O)NCc1cccc(C(F)(F)F)c1)C(N)=S. The molecule has 116 valence electrons. The summed E-state index contributed by atoms with van der Waals surface area (Å²) in [5.74, 6) is -0.947. The van der Waals surface area contributed by atoms with Crippen LogP contribution >= 0.6 is 12.2 Å². The van der Waals surface area contributed by atoms with Crippen LogP contribution in [0.25, 0.3) is 0 Å². The van der Waals surface area contributed by atoms with Crippen LogP contribution in [0, 0.1) is 5.92 Å². The molecule has 21 heavy (non-hydrogen) atoms. The molecule has 0 aliphatic rings. The van der Waals surface area contributed by atoms with E-state index in [-0.39, 0.29) is 17.4 Å². The standard InChI is InChI=1S/C14H17F3N2OS/c1-2-4-11(12(18)21)13(20)19-8-9-5-3-6-10(7-9)14(15,16)17/h3,5-7,11H,2,4,8H2,1H3,(H2,18,21)(H,19,20). The lowest BCUT2D eigenvalue weighted by Gasteiger charge is -2.15. The zero-order valence-electron chi connectivity index (χ0n) is 11.5. The molecule has 7 heteroatoms. The summed E-state index contributed by atoms with van der Waals surface area (Å²) >= 11 is 4.83. The van der Waals surface area contributed by atoms with Crippen LogP contribution in [0.4, 0.5) is 13.2 Å². The minimum atomic E-state index is -4.40. The molecule has 3 nitrogen and oxygen atoms in total. The summed E-state index contributed by atoms with van der Waals surface area (Å²) in [4.78, 5) is 12.0. The highest BCUT2D eigenvalue weighted by Crippen LogP contribution is 2.29. The van der Waals surface area contributed by atoms with E-state index in [9.17, 15) is 18.0 Å². The van der Waals surface area contributed by atoms with Gasteiger partial charge in [-0.25, -0.2) is 0 Å². The Balaban J connectivity index is 2.71. The number of carbonyl (C=O) groups excluding carboxylic acids is 1. The van der Waals surface area contributed by atoms with Gasteiger partial charge in [-0.3, -0.25) is 4.79 Å². The average molecular weight is 318 g/mol. The van der Waals surface area contributed by atoms with Crippen molar-refractivity contribution >= 4 is 23.1 Å². The third kappa shape index (κ3) is 5.34. The second kappa shape index (κ2) is 7.40. The average Bonchev–Trinajstić information content (AvgIpc) is 2.41. The summed E-state index contributed by atoms with van der Waals surface area (Å²) in [6.07, 6.45) is -3.15. The fraction of sp³-hybridized carbons (Fsp3) is 0.429. The number of hydrogen-bond donors (Lipinski definition) is 2. The largest absolute Gasteiger partial charge is 0.416 e. The molecule has 1 rings (SSSR count). The highest BCUT2D eigenvalue weighted by molar-refractivity contribution is 7.80. The third-order valence-electron chi connectivity index (χ3n) is 2.96. The van der Waals surface area contributed by atoms with Crippen molar-refractivity contribution in [2.45, 2.75) is 32.5 Å². The summed E-state index contributed by atoms with van der Waals surface area (Å²) in [5, 5.41) is 2.57. The lowest BCUT2D eigenvalue weighted by Crippen LogP contribution is -2.37. The van der Waals surface area contributed by atoms with Gasteiger partial charge in [0.25, 0.3) is 0 Å². The van der Waals surface area contributed by atoms with E-state index in [1.807, 2.05) is 6.92 Å². The molecule has 0 bridgehead atoms. The monoisotopic (exact) mass is 318 g/mol. The predicted molar refractivity (Wildman–Crippen MR) is 78.5 cm³/mol. The highest BCUT2D eigenvalue weighted by Gasteiger charge is 2.30. The number of halogens is 3. The van der Waals surface area contributed by atoms with Crippen LogP contribution < -0.4 is 11.1 Å². The van der Waals surface area contributed by atoms with Gasteiger partial charge in [0.15, 0.2) is 0 Å². The van der Waals surface area contributed by atoms with Gasteiger partial charge in [-0.2, -0.15) is 13.2 Å². The van der Waals surface area contributed by atoms with Gasteiger partial charge in [0, 0.05) is 6.54 Å². The maximum atomic E-state index is 12.6. The third-order valence-corrected chi connectivity index (χ3v) is 3.24. The number of nitrogens with two attached hydrogens (primary N) is 1. The summed E-state index contributed by atoms with van der Waals surface area (Å²) in [5.41, 5.74) is 5.13. The zero-order valence-corrected chi connectivity index (χ0v) is 12.4. The Bertz CT molecular complexity index is 517. The van der Waals surface area contributed by atoms with Crippen LogP contribution in [0.5, 0.6) is 0 Å². The number of amides is 1. The maximum absolute atomic E-state index is 12.6. The number of benzene rings is 1. The molecule has 1 atom stereocenters. The molecule has 0 saturated heterocycles. The molecule has 0 saturated carbocycles. The van der Waals surface area contributed by atoms with E-state index in [1.165, 1.54) is 12.1 Å². The summed E-state index contributed by atoms with van der Waals surface area (Å²) in [6, 6.07) is 4.82. The van der Waals surface area contributed by atoms with Crippen LogP contribution in [0.3, 0.4) is 0 Å². The van der Waals surface area contributed by atoms with Gasteiger partial charge in [-0.05, 0) is 24.1 Å². The van der Waals surface area contributed by atoms with Gasteiger partial charge in [0.2, 0.25) is 5.91 Å². The second-order valence-electron chi connectivity index (χ2n) is 4.66. The van der Waals surface area contributed by atoms with Gasteiger partial charge in [-0.15, -0.1) is 0 Å². The molecular weight excluding hydrogens is 301 g/mol. The van der Waals surface area contributed by atoms with Crippen LogP contribution in [0.1, 0.15) is 30.9 Å². The van der Waals surface area contributed by atoms with E-state index in [1.54, 1.807) is 0 Å². The van der Waals surface area contributed by atoms with Gasteiger partial charge in [-0.1, -0.05) is 37.7 Å². The number of alkyl halides is 3. The second-order valence-corrected chi connectivity index (χ2v) is 5.13. The van der Waals surface area contributed by atoms with Gasteiger partial charge < -0.3 is 11.1 Å². The van der Waals surface area contributed by atoms with E-state index in [4.69, 9.17) is 18.0 Å². The number of hydrogen-bond acceptors (Lipinski definition) is 2. The van der Waals surface area contributed by atoms with Crippen LogP contribution in [-0.4, -0.2) is 10.9 Å². The lowest BCUT2D eigenvalue weighted by molar-refractivity contribution is -0.137. The summed E-state index contributed by atoms with van der Waals surface area (Å²) in [7, 11) is 0. The first-order chi connectivity index (χ1) is 9.75. The van der Waals surface area contributed by atoms with E-state index >= 15 is 0 Å². The normalized spacial score (nSPS) is 12.8. The molecule has 0 radical (unpaired) electrons. The summed E-state index contributed by atoms with van der Waals surface area (Å²) < 4.78 is 37.7. The Kier molecular flexibility index (Phi) is 6.14. The Morgan fingerprint density at radius 2 is 2.10 bits per heavy atom. The van der Waals surface area contributed by atoms with Crippen LogP contribution in [0.15, 0.2) is 24.3 Å². The quantitative estimate of drug-likeness (QED) is 0.793. The van der Waals surface area contributed by atoms with E-state index < -0.39 is 17.7 Å². The molecule has 0 heterocycles. The van der Waals surface area contributed by atoms with Crippen molar-refractivity contribution in [2.75, 3.05) is 0 Å². The van der Waals surface area contributed by atoms with Crippen molar-refractivity contribution in [3.63, 3.8) is 0 Å². The van der Waals surface area contributed by atoms with Crippen molar-refractivity contribution in [3.8, 4) is 0 Å². The fourth-order valence-corrected chi connectivity index (χ4v) is 2.09. The maximum Gasteiger partial charge on any atom is 0.416 e. The minimum absolute atomic E-state index is 0.00554. The van der Waals surface area contributed by atoms with E-state index in [2.05, 4.69) is 5.32 Å². The molecule has 0 spiro atoms. The van der Waals surface area contributed by atoms with E-state index in [0.29, 0.717) is 12.0 Å². The van der Waals surface area contributed by atoms with Crippen molar-refractivity contribution in [2.24, 2.45) is 11.7 Å². The molecular formula is C14H17F3N2OS. The minimum Gasteiger partial charge on any atom is -0.393 e. The van der Waals surface area contributed by atoms with Crippen LogP contribution in [0.2, 0.25) is 0 Å². The smallest absolute Gasteiger partial charge is 0.393 e. The Hall–Kier alpha value is -1.63. The first-order valence-corrected chi connectivity index (χ1v) is 6.89. The summed E-state index contributed by atoms with van der Waals surface area (Å²) in [6.45, 7) is 1.90. The number of rotatable bonds is 6. The van der Waals surface area contributed by atoms with Crippen LogP contribution in [-0.2, 0) is 17.5 Å². The van der Waals surface area contributed by atoms with Crippen molar-refractivity contribution < 1.29 is 18.0 Å². The van der Waals surface area contributed by atoms with Crippen molar-refractivity contribution in [1.29, 1.82) is 0 Å². The number of nitrogens with one attached hydrogen (secondary N) is 1. The molecule has 0 aromatic heterocycles. The van der Waals surface area contributed by atoms with Gasteiger partial charge in [0.1, 0.15) is 0 Å². The predicted octanol–water partition coefficient (Wildman–Crippen LogP) is 3.02. The molecule has 3 N–H and O–H groups in total. The van der Waals surface area contributed by atoms with Crippen molar-refractivity contribution in [1.82, 2.24) is 5.32 Å². The molecule has 0 fully saturated rings. The van der Waals surface area contributed by atoms with Gasteiger partial charge in [0.05, 0.1) is 16.5 Å². The Labute approximate surface area is 126 Å². The highest BCUT2D eigenvalue weighted by atomic mass is 32.1. The number of carbonyl (C=O) groups is 1. The lowest BCUT2D eigenvalue weighted by atomic mass is 10.0. The zero-order chi connectivity index (χ0) is 16.0. The molecule has 0 aliphatic heterocycles. The molecule has 1 aromatic rings. The fourth-order valence-electron chi connectivity index (χ4n) is 1.86. The molecule has 1 amide bonds. The van der Waals surface area contributed by atoms with Crippen molar-refractivity contribution in [3.05, 3.63) is 35.4 Å². The topological polar surface area (TPSA) is 55.1 Å². The molecule has 0 aliphatic carbocycles.